The smallest absolute Gasteiger partial charge is 0.257 e. The molecule has 0 saturated heterocycles. The van der Waals surface area contributed by atoms with Crippen molar-refractivity contribution in [3.8, 4) is 0 Å². The molecule has 146 valence electrons. The molecule has 28 heavy (non-hydrogen) atoms. The van der Waals surface area contributed by atoms with E-state index >= 15 is 0 Å². The van der Waals surface area contributed by atoms with Gasteiger partial charge in [0.2, 0.25) is 0 Å². The second-order valence-electron chi connectivity index (χ2n) is 7.35. The number of nitrogens with zero attached hydrogens (tertiary/aromatic N) is 1. The molecule has 0 bridgehead atoms. The topological polar surface area (TPSA) is 71.1 Å². The zero-order chi connectivity index (χ0) is 19.9. The molecule has 0 radical (unpaired) electrons. The number of hydrogen-bond acceptors (Lipinski definition) is 3. The van der Waals surface area contributed by atoms with Crippen molar-refractivity contribution in [2.45, 2.75) is 46.0 Å². The predicted molar refractivity (Wildman–Crippen MR) is 112 cm³/mol. The average molecular weight is 377 g/mol. The van der Waals surface area contributed by atoms with Crippen molar-refractivity contribution >= 4 is 17.5 Å². The number of allylic oxidation sites excluding steroid dienone is 1. The third-order valence-corrected chi connectivity index (χ3v) is 5.02. The van der Waals surface area contributed by atoms with E-state index in [1.807, 2.05) is 32.0 Å². The van der Waals surface area contributed by atoms with Crippen molar-refractivity contribution in [3.63, 3.8) is 0 Å². The Balaban J connectivity index is 1.60. The zero-order valence-corrected chi connectivity index (χ0v) is 16.5. The summed E-state index contributed by atoms with van der Waals surface area (Å²) in [7, 11) is 0. The third kappa shape index (κ3) is 5.28. The number of amides is 2. The summed E-state index contributed by atoms with van der Waals surface area (Å²) in [4.78, 5) is 29.1. The van der Waals surface area contributed by atoms with Crippen molar-refractivity contribution in [1.29, 1.82) is 0 Å². The Morgan fingerprint density at radius 1 is 1.04 bits per heavy atom. The van der Waals surface area contributed by atoms with Crippen molar-refractivity contribution in [2.75, 3.05) is 11.9 Å². The average Bonchev–Trinajstić information content (AvgIpc) is 2.71. The van der Waals surface area contributed by atoms with E-state index in [9.17, 15) is 9.59 Å². The molecule has 2 amide bonds. The van der Waals surface area contributed by atoms with E-state index in [4.69, 9.17) is 0 Å². The van der Waals surface area contributed by atoms with Crippen LogP contribution in [0.25, 0.3) is 0 Å². The van der Waals surface area contributed by atoms with Crippen LogP contribution in [0.2, 0.25) is 0 Å². The Kier molecular flexibility index (Phi) is 6.58. The van der Waals surface area contributed by atoms with Crippen LogP contribution in [0.3, 0.4) is 0 Å². The third-order valence-electron chi connectivity index (χ3n) is 5.02. The minimum atomic E-state index is -0.275. The molecule has 0 unspecified atom stereocenters. The Bertz CT molecular complexity index is 902. The SMILES string of the molecule is Cc1ccc(C)c(NC(=O)c2cncc(C(=O)NCCC3=CCCCC3)c2)c1. The van der Waals surface area contributed by atoms with Crippen molar-refractivity contribution in [1.82, 2.24) is 10.3 Å². The van der Waals surface area contributed by atoms with Gasteiger partial charge in [-0.2, -0.15) is 0 Å². The van der Waals surface area contributed by atoms with Gasteiger partial charge in [-0.15, -0.1) is 0 Å². The number of anilines is 1. The van der Waals surface area contributed by atoms with E-state index in [1.54, 1.807) is 6.07 Å². The van der Waals surface area contributed by atoms with Gasteiger partial charge in [0.25, 0.3) is 11.8 Å². The lowest BCUT2D eigenvalue weighted by atomic mass is 9.97. The second kappa shape index (κ2) is 9.31. The highest BCUT2D eigenvalue weighted by Gasteiger charge is 2.13. The molecule has 5 heteroatoms. The van der Waals surface area contributed by atoms with Crippen LogP contribution >= 0.6 is 0 Å². The maximum atomic E-state index is 12.6. The minimum Gasteiger partial charge on any atom is -0.352 e. The molecule has 3 rings (SSSR count). The lowest BCUT2D eigenvalue weighted by Crippen LogP contribution is -2.25. The van der Waals surface area contributed by atoms with E-state index in [-0.39, 0.29) is 11.8 Å². The van der Waals surface area contributed by atoms with Gasteiger partial charge in [-0.25, -0.2) is 0 Å². The molecule has 0 aliphatic heterocycles. The number of benzene rings is 1. The molecule has 1 heterocycles. The van der Waals surface area contributed by atoms with Crippen LogP contribution in [0, 0.1) is 13.8 Å². The van der Waals surface area contributed by atoms with Crippen LogP contribution in [-0.2, 0) is 0 Å². The molecule has 0 spiro atoms. The Morgan fingerprint density at radius 3 is 2.57 bits per heavy atom. The Morgan fingerprint density at radius 2 is 1.82 bits per heavy atom. The largest absolute Gasteiger partial charge is 0.352 e. The van der Waals surface area contributed by atoms with Gasteiger partial charge in [0, 0.05) is 24.6 Å². The van der Waals surface area contributed by atoms with Crippen LogP contribution in [0.15, 0.2) is 48.3 Å². The fourth-order valence-electron chi connectivity index (χ4n) is 3.32. The maximum Gasteiger partial charge on any atom is 0.257 e. The van der Waals surface area contributed by atoms with Gasteiger partial charge < -0.3 is 10.6 Å². The first-order valence-corrected chi connectivity index (χ1v) is 9.82. The van der Waals surface area contributed by atoms with E-state index in [1.165, 1.54) is 30.8 Å². The number of aryl methyl sites for hydroxylation is 2. The zero-order valence-electron chi connectivity index (χ0n) is 16.5. The molecule has 1 aliphatic carbocycles. The molecule has 1 aromatic carbocycles. The lowest BCUT2D eigenvalue weighted by molar-refractivity contribution is 0.0953. The quantitative estimate of drug-likeness (QED) is 0.724. The molecule has 0 saturated carbocycles. The van der Waals surface area contributed by atoms with Crippen molar-refractivity contribution < 1.29 is 9.59 Å². The van der Waals surface area contributed by atoms with Gasteiger partial charge in [0.05, 0.1) is 11.1 Å². The monoisotopic (exact) mass is 377 g/mol. The first-order valence-electron chi connectivity index (χ1n) is 9.82. The molecule has 0 atom stereocenters. The van der Waals surface area contributed by atoms with Gasteiger partial charge in [0.15, 0.2) is 0 Å². The summed E-state index contributed by atoms with van der Waals surface area (Å²) in [6, 6.07) is 7.48. The molecule has 1 aliphatic rings. The summed E-state index contributed by atoms with van der Waals surface area (Å²) in [6.07, 6.45) is 10.9. The fraction of sp³-hybridized carbons (Fsp3) is 0.348. The van der Waals surface area contributed by atoms with Crippen LogP contribution in [-0.4, -0.2) is 23.3 Å². The summed E-state index contributed by atoms with van der Waals surface area (Å²) < 4.78 is 0. The number of hydrogen-bond donors (Lipinski definition) is 2. The van der Waals surface area contributed by atoms with E-state index < -0.39 is 0 Å². The first kappa shape index (κ1) is 19.8. The van der Waals surface area contributed by atoms with E-state index in [0.717, 1.165) is 36.1 Å². The van der Waals surface area contributed by atoms with Crippen molar-refractivity contribution in [2.24, 2.45) is 0 Å². The summed E-state index contributed by atoms with van der Waals surface area (Å²) >= 11 is 0. The fourth-order valence-corrected chi connectivity index (χ4v) is 3.32. The molecule has 2 aromatic rings. The summed E-state index contributed by atoms with van der Waals surface area (Å²) in [5.41, 5.74) is 5.00. The van der Waals surface area contributed by atoms with Crippen LogP contribution in [0.1, 0.15) is 63.9 Å². The van der Waals surface area contributed by atoms with Gasteiger partial charge in [-0.1, -0.05) is 23.8 Å². The molecule has 2 N–H and O–H groups in total. The number of carbonyl (C=O) groups is 2. The normalized spacial score (nSPS) is 13.6. The lowest BCUT2D eigenvalue weighted by Gasteiger charge is -2.13. The highest BCUT2D eigenvalue weighted by Crippen LogP contribution is 2.20. The first-order chi connectivity index (χ1) is 13.5. The van der Waals surface area contributed by atoms with Crippen LogP contribution in [0.5, 0.6) is 0 Å². The highest BCUT2D eigenvalue weighted by atomic mass is 16.2. The van der Waals surface area contributed by atoms with E-state index in [2.05, 4.69) is 21.7 Å². The Hall–Kier alpha value is -2.95. The van der Waals surface area contributed by atoms with Gasteiger partial charge in [-0.05, 0) is 69.2 Å². The van der Waals surface area contributed by atoms with Gasteiger partial charge in [0.1, 0.15) is 0 Å². The molecular weight excluding hydrogens is 350 g/mol. The van der Waals surface area contributed by atoms with Crippen molar-refractivity contribution in [3.05, 3.63) is 70.6 Å². The highest BCUT2D eigenvalue weighted by molar-refractivity contribution is 6.06. The van der Waals surface area contributed by atoms with Crippen LogP contribution in [0.4, 0.5) is 5.69 Å². The summed E-state index contributed by atoms with van der Waals surface area (Å²) in [5.74, 6) is -0.478. The number of nitrogens with one attached hydrogen (secondary N) is 2. The van der Waals surface area contributed by atoms with E-state index in [0.29, 0.717) is 17.7 Å². The molecule has 5 nitrogen and oxygen atoms in total. The Labute approximate surface area is 166 Å². The number of carbonyl (C=O) groups excluding carboxylic acids is 2. The number of rotatable bonds is 6. The predicted octanol–water partition coefficient (Wildman–Crippen LogP) is 4.57. The number of pyridine rings is 1. The minimum absolute atomic E-state index is 0.203. The van der Waals surface area contributed by atoms with Crippen LogP contribution < -0.4 is 10.6 Å². The molecule has 1 aromatic heterocycles. The standard InChI is InChI=1S/C23H27N3O2/c1-16-8-9-17(2)21(12-16)26-23(28)20-13-19(14-24-15-20)22(27)25-11-10-18-6-4-3-5-7-18/h6,8-9,12-15H,3-5,7,10-11H2,1-2H3,(H,25,27)(H,26,28). The summed E-state index contributed by atoms with van der Waals surface area (Å²) in [5, 5.41) is 5.83. The summed E-state index contributed by atoms with van der Waals surface area (Å²) in [6.45, 7) is 4.52. The second-order valence-corrected chi connectivity index (χ2v) is 7.35. The number of aromatic nitrogens is 1. The van der Waals surface area contributed by atoms with Gasteiger partial charge in [-0.3, -0.25) is 14.6 Å². The van der Waals surface area contributed by atoms with Gasteiger partial charge >= 0.3 is 0 Å². The molecular formula is C23H27N3O2. The molecule has 0 fully saturated rings. The maximum absolute atomic E-state index is 12.6.